The molecule has 6 nitrogen and oxygen atoms in total. The third kappa shape index (κ3) is 7.47. The number of para-hydroxylation sites is 1. The van der Waals surface area contributed by atoms with E-state index in [1.165, 1.54) is 55.9 Å². The molecule has 2 heterocycles. The summed E-state index contributed by atoms with van der Waals surface area (Å²) in [6.45, 7) is 24.4. The zero-order valence-electron chi connectivity index (χ0n) is 31.6. The second-order valence-electron chi connectivity index (χ2n) is 15.1. The predicted molar refractivity (Wildman–Crippen MR) is 209 cm³/mol. The Balaban J connectivity index is 0.00000504. The van der Waals surface area contributed by atoms with Gasteiger partial charge in [-0.15, -0.1) is 0 Å². The molecule has 3 aromatic rings. The van der Waals surface area contributed by atoms with E-state index in [-0.39, 0.29) is 34.3 Å². The molecule has 2 aliphatic heterocycles. The molecule has 3 aromatic carbocycles. The average Bonchev–Trinajstić information content (AvgIpc) is 3.51. The number of aliphatic hydroxyl groups is 2. The molecule has 0 bridgehead atoms. The molecule has 0 unspecified atom stereocenters. The smallest absolute Gasteiger partial charge is 0.503 e. The molecule has 3 aliphatic rings. The third-order valence-corrected chi connectivity index (χ3v) is 10.3. The molecule has 6 rings (SSSR count). The van der Waals surface area contributed by atoms with Crippen molar-refractivity contribution in [2.24, 2.45) is 0 Å². The number of aliphatic hydroxyl groups excluding tert-OH is 2. The van der Waals surface area contributed by atoms with Crippen LogP contribution in [0.1, 0.15) is 113 Å². The maximum atomic E-state index is 10.3. The van der Waals surface area contributed by atoms with Crippen molar-refractivity contribution in [3.63, 3.8) is 0 Å². The van der Waals surface area contributed by atoms with Crippen molar-refractivity contribution in [1.82, 2.24) is 9.80 Å². The van der Waals surface area contributed by atoms with Crippen LogP contribution < -0.4 is 9.80 Å². The van der Waals surface area contributed by atoms with Crippen molar-refractivity contribution in [3.8, 4) is 11.1 Å². The molecule has 0 saturated heterocycles. The fraction of sp³-hybridized carbons (Fsp3) is 0.409. The van der Waals surface area contributed by atoms with E-state index in [1.54, 1.807) is 0 Å². The minimum atomic E-state index is 0. The summed E-state index contributed by atoms with van der Waals surface area (Å²) in [5, 5.41) is 20.5. The van der Waals surface area contributed by atoms with Gasteiger partial charge in [0.05, 0.1) is 13.2 Å². The van der Waals surface area contributed by atoms with Gasteiger partial charge in [-0.3, -0.25) is 0 Å². The first kappa shape index (κ1) is 38.9. The van der Waals surface area contributed by atoms with Crippen molar-refractivity contribution in [2.45, 2.75) is 85.5 Å². The van der Waals surface area contributed by atoms with E-state index < -0.39 is 0 Å². The van der Waals surface area contributed by atoms with Gasteiger partial charge in [-0.2, -0.15) is 13.3 Å². The largest absolute Gasteiger partial charge is 2.00 e. The van der Waals surface area contributed by atoms with Gasteiger partial charge in [0.15, 0.2) is 0 Å². The summed E-state index contributed by atoms with van der Waals surface area (Å²) in [4.78, 5) is 9.18. The topological polar surface area (TPSA) is 53.4 Å². The Morgan fingerprint density at radius 2 is 1.14 bits per heavy atom. The Labute approximate surface area is 321 Å². The van der Waals surface area contributed by atoms with Crippen molar-refractivity contribution >= 4 is 16.9 Å². The number of benzene rings is 3. The number of fused-ring (bicyclic) bond motifs is 1. The molecule has 2 N–H and O–H groups in total. The molecule has 0 atom stereocenters. The fourth-order valence-corrected chi connectivity index (χ4v) is 7.99. The van der Waals surface area contributed by atoms with Gasteiger partial charge in [0, 0.05) is 60.1 Å². The Morgan fingerprint density at radius 1 is 0.627 bits per heavy atom. The zero-order chi connectivity index (χ0) is 35.7. The van der Waals surface area contributed by atoms with Gasteiger partial charge in [-0.25, -0.2) is 0 Å². The average molecular weight is 868 g/mol. The SMILES string of the molecule is CC(C)c1cccc(C(C)C)c1C1=CC=CCC2=C1N(CN1[CH-]N(CCO)c3c(-c4c(C(C)C)cccc4C(C)C)cccc31)[CH-]N2CCO.[Pt+2]. The quantitative estimate of drug-likeness (QED) is 0.177. The maximum Gasteiger partial charge on any atom is 2.00 e. The molecule has 0 radical (unpaired) electrons. The third-order valence-electron chi connectivity index (χ3n) is 10.3. The van der Waals surface area contributed by atoms with E-state index in [1.807, 2.05) is 0 Å². The molecule has 51 heavy (non-hydrogen) atoms. The normalized spacial score (nSPS) is 15.8. The number of anilines is 2. The number of rotatable bonds is 12. The molecular formula is C44H56N4O2Pt. The molecular weight excluding hydrogens is 812 g/mol. The van der Waals surface area contributed by atoms with E-state index in [0.29, 0.717) is 43.4 Å². The number of hydrogen-bond donors (Lipinski definition) is 2. The molecule has 1 aliphatic carbocycles. The first-order valence-electron chi connectivity index (χ1n) is 18.5. The van der Waals surface area contributed by atoms with Gasteiger partial charge >= 0.3 is 21.1 Å². The minimum absolute atomic E-state index is 0. The second-order valence-corrected chi connectivity index (χ2v) is 15.1. The van der Waals surface area contributed by atoms with E-state index in [2.05, 4.69) is 161 Å². The summed E-state index contributed by atoms with van der Waals surface area (Å²) in [5.74, 6) is 1.46. The molecule has 0 aromatic heterocycles. The van der Waals surface area contributed by atoms with Crippen molar-refractivity contribution in [2.75, 3.05) is 42.8 Å². The minimum Gasteiger partial charge on any atom is -0.503 e. The van der Waals surface area contributed by atoms with Gasteiger partial charge in [0.1, 0.15) is 0 Å². The first-order chi connectivity index (χ1) is 24.1. The predicted octanol–water partition coefficient (Wildman–Crippen LogP) is 9.52. The molecule has 274 valence electrons. The van der Waals surface area contributed by atoms with E-state index in [4.69, 9.17) is 0 Å². The number of allylic oxidation sites excluding steroid dienone is 4. The summed E-state index contributed by atoms with van der Waals surface area (Å²) in [6, 6.07) is 20.2. The summed E-state index contributed by atoms with van der Waals surface area (Å²) in [6.07, 6.45) is 7.53. The van der Waals surface area contributed by atoms with Crippen molar-refractivity contribution < 1.29 is 31.3 Å². The summed E-state index contributed by atoms with van der Waals surface area (Å²) in [7, 11) is 0. The van der Waals surface area contributed by atoms with E-state index in [0.717, 1.165) is 17.8 Å². The second kappa shape index (κ2) is 16.6. The Kier molecular flexibility index (Phi) is 12.6. The van der Waals surface area contributed by atoms with Gasteiger partial charge in [0.25, 0.3) is 0 Å². The number of nitrogens with zero attached hydrogens (tertiary/aromatic N) is 4. The molecule has 0 spiro atoms. The van der Waals surface area contributed by atoms with Crippen LogP contribution in [0.25, 0.3) is 16.7 Å². The van der Waals surface area contributed by atoms with Gasteiger partial charge in [-0.05, 0) is 63.1 Å². The fourth-order valence-electron chi connectivity index (χ4n) is 7.99. The summed E-state index contributed by atoms with van der Waals surface area (Å²) in [5.41, 5.74) is 15.1. The van der Waals surface area contributed by atoms with Gasteiger partial charge in [0.2, 0.25) is 0 Å². The Morgan fingerprint density at radius 3 is 1.69 bits per heavy atom. The molecule has 0 amide bonds. The zero-order valence-corrected chi connectivity index (χ0v) is 33.9. The van der Waals surface area contributed by atoms with E-state index in [9.17, 15) is 10.2 Å². The molecule has 0 saturated carbocycles. The monoisotopic (exact) mass is 867 g/mol. The van der Waals surface area contributed by atoms with Crippen LogP contribution in [0.5, 0.6) is 0 Å². The van der Waals surface area contributed by atoms with Crippen LogP contribution in [0, 0.1) is 13.3 Å². The van der Waals surface area contributed by atoms with Crippen molar-refractivity contribution in [3.05, 3.63) is 125 Å². The van der Waals surface area contributed by atoms with Crippen LogP contribution in [-0.2, 0) is 21.1 Å². The van der Waals surface area contributed by atoms with Crippen LogP contribution in [0.3, 0.4) is 0 Å². The van der Waals surface area contributed by atoms with Crippen LogP contribution >= 0.6 is 0 Å². The van der Waals surface area contributed by atoms with Crippen LogP contribution in [0.2, 0.25) is 0 Å². The van der Waals surface area contributed by atoms with Crippen LogP contribution in [0.15, 0.2) is 84.2 Å². The Hall–Kier alpha value is -3.31. The van der Waals surface area contributed by atoms with Gasteiger partial charge in [-0.1, -0.05) is 122 Å². The van der Waals surface area contributed by atoms with Crippen molar-refractivity contribution in [1.29, 1.82) is 0 Å². The standard InChI is InChI=1S/C44H56N4O2.Pt/c1-29(2)33-15-11-16-34(30(3)4)41(33)37-14-9-10-20-39-44(37)48(26-45(39)22-24-49)28-47-27-46(23-25-50)43-38(19-13-21-40(43)47)42-35(31(5)6)17-12-18-36(42)32(7)8;/h9-19,21,26-27,29-32,49-50H,20,22-25,28H2,1-8H3;/q-2;+2. The van der Waals surface area contributed by atoms with E-state index >= 15 is 0 Å². The number of β-amino-alcohol motifs (C(OH)–C–C–N with tert-alkyl or cyclic N) is 2. The first-order valence-corrected chi connectivity index (χ1v) is 18.5. The summed E-state index contributed by atoms with van der Waals surface area (Å²) < 4.78 is 0. The van der Waals surface area contributed by atoms with Gasteiger partial charge < -0.3 is 29.8 Å². The molecule has 0 fully saturated rings. The summed E-state index contributed by atoms with van der Waals surface area (Å²) >= 11 is 0. The van der Waals surface area contributed by atoms with Crippen LogP contribution in [0.4, 0.5) is 11.4 Å². The maximum absolute atomic E-state index is 10.3. The Bertz CT molecular complexity index is 1740. The molecule has 7 heteroatoms. The van der Waals surface area contributed by atoms with Crippen LogP contribution in [-0.4, -0.2) is 53.0 Å². The number of hydrogen-bond acceptors (Lipinski definition) is 6.